The second-order valence-electron chi connectivity index (χ2n) is 14.3. The lowest BCUT2D eigenvalue weighted by molar-refractivity contribution is -0.159. The number of amides is 3. The molecule has 3 fully saturated rings. The lowest BCUT2D eigenvalue weighted by atomic mass is 9.70. The Labute approximate surface area is 271 Å². The van der Waals surface area contributed by atoms with E-state index < -0.39 is 47.2 Å². The zero-order chi connectivity index (χ0) is 33.0. The van der Waals surface area contributed by atoms with Gasteiger partial charge in [0.25, 0.3) is 0 Å². The molecular weight excluding hydrogens is 630 g/mol. The molecule has 3 aliphatic heterocycles. The Bertz CT molecular complexity index is 1110. The molecule has 1 unspecified atom stereocenters. The number of allylic oxidation sites excluding steroid dienone is 1. The summed E-state index contributed by atoms with van der Waals surface area (Å²) in [6.45, 7) is 20.3. The van der Waals surface area contributed by atoms with E-state index in [1.807, 2.05) is 13.8 Å². The third-order valence-electron chi connectivity index (χ3n) is 8.85. The van der Waals surface area contributed by atoms with Crippen LogP contribution in [0.5, 0.6) is 0 Å². The van der Waals surface area contributed by atoms with Crippen LogP contribution in [0.3, 0.4) is 0 Å². The van der Waals surface area contributed by atoms with E-state index in [0.717, 1.165) is 0 Å². The van der Waals surface area contributed by atoms with E-state index in [1.54, 1.807) is 28.9 Å². The fourth-order valence-corrected chi connectivity index (χ4v) is 8.46. The summed E-state index contributed by atoms with van der Waals surface area (Å²) >= 11 is 3.70. The van der Waals surface area contributed by atoms with Crippen molar-refractivity contribution in [2.24, 2.45) is 17.3 Å². The van der Waals surface area contributed by atoms with Gasteiger partial charge in [-0.2, -0.15) is 0 Å². The predicted octanol–water partition coefficient (Wildman–Crippen LogP) is 3.75. The third-order valence-corrected chi connectivity index (χ3v) is 9.70. The Hall–Kier alpha value is -2.24. The summed E-state index contributed by atoms with van der Waals surface area (Å²) in [5.74, 6) is -3.08. The molecule has 0 aromatic carbocycles. The lowest BCUT2D eigenvalue weighted by Gasteiger charge is -2.45. The maximum absolute atomic E-state index is 14.7. The van der Waals surface area contributed by atoms with Gasteiger partial charge in [0.1, 0.15) is 17.7 Å². The molecule has 3 rings (SSSR count). The quantitative estimate of drug-likeness (QED) is 0.110. The number of fused-ring (bicyclic) bond motifs is 1. The van der Waals surface area contributed by atoms with E-state index >= 15 is 0 Å². The van der Waals surface area contributed by atoms with Crippen LogP contribution in [0.1, 0.15) is 80.1 Å². The minimum atomic E-state index is -1.21. The second kappa shape index (κ2) is 14.5. The van der Waals surface area contributed by atoms with Crippen molar-refractivity contribution in [1.29, 1.82) is 0 Å². The summed E-state index contributed by atoms with van der Waals surface area (Å²) in [4.78, 5) is 57.9. The predicted molar refractivity (Wildman–Crippen MR) is 172 cm³/mol. The van der Waals surface area contributed by atoms with Crippen molar-refractivity contribution >= 4 is 39.6 Å². The molecule has 0 aromatic heterocycles. The number of halogens is 1. The number of rotatable bonds is 16. The smallest absolute Gasteiger partial charge is 0.312 e. The van der Waals surface area contributed by atoms with Crippen LogP contribution < -0.4 is 5.32 Å². The number of nitrogens with zero attached hydrogens (tertiary/aromatic N) is 2. The summed E-state index contributed by atoms with van der Waals surface area (Å²) in [7, 11) is 0. The van der Waals surface area contributed by atoms with Gasteiger partial charge in [-0.05, 0) is 58.3 Å². The zero-order valence-corrected chi connectivity index (χ0v) is 28.9. The lowest BCUT2D eigenvalue weighted by Crippen LogP contribution is -2.61. The molecule has 0 radical (unpaired) electrons. The number of aliphatic hydroxyl groups excluding tert-OH is 1. The van der Waals surface area contributed by atoms with Gasteiger partial charge in [0.2, 0.25) is 17.7 Å². The number of esters is 1. The van der Waals surface area contributed by atoms with Crippen molar-refractivity contribution in [2.45, 2.75) is 114 Å². The highest BCUT2D eigenvalue weighted by Crippen LogP contribution is 2.60. The number of aliphatic hydroxyl groups is 1. The van der Waals surface area contributed by atoms with Gasteiger partial charge in [0.15, 0.2) is 0 Å². The first-order chi connectivity index (χ1) is 20.5. The molecule has 248 valence electrons. The van der Waals surface area contributed by atoms with Crippen molar-refractivity contribution < 1.29 is 33.8 Å². The van der Waals surface area contributed by atoms with Gasteiger partial charge >= 0.3 is 5.97 Å². The third kappa shape index (κ3) is 7.58. The second-order valence-corrected chi connectivity index (χ2v) is 15.5. The van der Waals surface area contributed by atoms with E-state index in [0.29, 0.717) is 45.1 Å². The fourth-order valence-electron chi connectivity index (χ4n) is 7.52. The maximum atomic E-state index is 14.7. The Morgan fingerprint density at radius 3 is 2.50 bits per heavy atom. The summed E-state index contributed by atoms with van der Waals surface area (Å²) in [6, 6.07) is -0.942. The first kappa shape index (κ1) is 36.2. The number of nitrogens with one attached hydrogen (secondary N) is 1. The zero-order valence-electron chi connectivity index (χ0n) is 27.3. The standard InChI is InChI=1S/C33H52BrN3O7/c1-9-11-14-23(39)35-19-21(3)43-30(42)24-25-28(40)36(16-12-13-17-38)27(33(25)18-22(34)26(24)44-33)29(41)37(15-10-2)32(7,8)20-31(4,5)6/h9-10,21-22,24-27,38H,1-2,11-20H2,3-8H3,(H,35,39)/t21-,22?,24+,25-,26+,27+,33-/m1/s1. The van der Waals surface area contributed by atoms with Crippen LogP contribution in [0, 0.1) is 17.3 Å². The fraction of sp³-hybridized carbons (Fsp3) is 0.758. The van der Waals surface area contributed by atoms with Gasteiger partial charge in [-0.1, -0.05) is 48.9 Å². The van der Waals surface area contributed by atoms with E-state index in [1.165, 1.54) is 0 Å². The van der Waals surface area contributed by atoms with Crippen molar-refractivity contribution in [1.82, 2.24) is 15.1 Å². The van der Waals surface area contributed by atoms with Crippen LogP contribution in [0.4, 0.5) is 0 Å². The highest BCUT2D eigenvalue weighted by atomic mass is 79.9. The average Bonchev–Trinajstić information content (AvgIpc) is 3.51. The van der Waals surface area contributed by atoms with Crippen molar-refractivity contribution in [2.75, 3.05) is 26.2 Å². The number of likely N-dealkylation sites (tertiary alicyclic amines) is 1. The van der Waals surface area contributed by atoms with Gasteiger partial charge in [-0.3, -0.25) is 19.2 Å². The van der Waals surface area contributed by atoms with Crippen LogP contribution in [0.15, 0.2) is 25.3 Å². The van der Waals surface area contributed by atoms with Crippen LogP contribution in [-0.2, 0) is 28.7 Å². The molecule has 0 saturated carbocycles. The molecule has 3 heterocycles. The van der Waals surface area contributed by atoms with Gasteiger partial charge in [0.05, 0.1) is 24.5 Å². The van der Waals surface area contributed by atoms with E-state index in [2.05, 4.69) is 55.2 Å². The molecule has 44 heavy (non-hydrogen) atoms. The molecule has 10 nitrogen and oxygen atoms in total. The highest BCUT2D eigenvalue weighted by molar-refractivity contribution is 9.09. The van der Waals surface area contributed by atoms with E-state index in [-0.39, 0.29) is 47.7 Å². The Kier molecular flexibility index (Phi) is 11.9. The van der Waals surface area contributed by atoms with Gasteiger partial charge < -0.3 is 29.7 Å². The normalized spacial score (nSPS) is 28.4. The molecule has 3 amide bonds. The van der Waals surface area contributed by atoms with Crippen LogP contribution in [-0.4, -0.2) is 99.1 Å². The van der Waals surface area contributed by atoms with Crippen LogP contribution in [0.25, 0.3) is 0 Å². The van der Waals surface area contributed by atoms with Gasteiger partial charge in [0, 0.05) is 36.5 Å². The first-order valence-corrected chi connectivity index (χ1v) is 16.7. The SMILES string of the molecule is C=CCCC(=O)NC[C@@H](C)OC(=O)[C@@H]1[C@H]2O[C@@]3(CC2Br)[C@H](C(=O)N(CC=C)C(C)(C)CC(C)(C)C)N(CCCCO)C(=O)[C@@H]13. The Balaban J connectivity index is 1.95. The molecule has 2 bridgehead atoms. The summed E-state index contributed by atoms with van der Waals surface area (Å²) in [5.41, 5.74) is -1.85. The number of alkyl halides is 1. The van der Waals surface area contributed by atoms with Gasteiger partial charge in [-0.15, -0.1) is 13.2 Å². The molecular formula is C33H52BrN3O7. The van der Waals surface area contributed by atoms with Crippen molar-refractivity contribution in [3.05, 3.63) is 25.3 Å². The monoisotopic (exact) mass is 681 g/mol. The van der Waals surface area contributed by atoms with E-state index in [9.17, 15) is 24.3 Å². The minimum Gasteiger partial charge on any atom is -0.460 e. The molecule has 0 aliphatic carbocycles. The van der Waals surface area contributed by atoms with Gasteiger partial charge in [-0.25, -0.2) is 0 Å². The molecule has 3 aliphatic rings. The molecule has 7 atom stereocenters. The molecule has 0 aromatic rings. The Morgan fingerprint density at radius 2 is 1.91 bits per heavy atom. The number of hydrogen-bond acceptors (Lipinski definition) is 7. The largest absolute Gasteiger partial charge is 0.460 e. The summed E-state index contributed by atoms with van der Waals surface area (Å²) in [5, 5.41) is 12.2. The number of unbranched alkanes of at least 4 members (excludes halogenated alkanes) is 1. The van der Waals surface area contributed by atoms with E-state index in [4.69, 9.17) is 9.47 Å². The number of hydrogen-bond donors (Lipinski definition) is 2. The average molecular weight is 683 g/mol. The minimum absolute atomic E-state index is 0.0323. The number of carbonyl (C=O) groups is 4. The molecule has 11 heteroatoms. The molecule has 1 spiro atoms. The van der Waals surface area contributed by atoms with Crippen LogP contribution >= 0.6 is 15.9 Å². The number of ether oxygens (including phenoxy) is 2. The maximum Gasteiger partial charge on any atom is 0.312 e. The van der Waals surface area contributed by atoms with Crippen molar-refractivity contribution in [3.63, 3.8) is 0 Å². The Morgan fingerprint density at radius 1 is 1.23 bits per heavy atom. The topological polar surface area (TPSA) is 125 Å². The van der Waals surface area contributed by atoms with Crippen LogP contribution in [0.2, 0.25) is 0 Å². The summed E-state index contributed by atoms with van der Waals surface area (Å²) in [6.07, 6.45) is 5.01. The first-order valence-electron chi connectivity index (χ1n) is 15.8. The molecule has 2 N–H and O–H groups in total. The van der Waals surface area contributed by atoms with Crippen molar-refractivity contribution in [3.8, 4) is 0 Å². The molecule has 3 saturated heterocycles. The highest BCUT2D eigenvalue weighted by Gasteiger charge is 2.77. The summed E-state index contributed by atoms with van der Waals surface area (Å²) < 4.78 is 12.4. The number of carbonyl (C=O) groups excluding carboxylic acids is 4.